The van der Waals surface area contributed by atoms with Gasteiger partial charge in [-0.25, -0.2) is 0 Å². The molecule has 0 saturated heterocycles. The second-order valence-electron chi connectivity index (χ2n) is 5.23. The lowest BCUT2D eigenvalue weighted by Crippen LogP contribution is -2.30. The first-order valence-corrected chi connectivity index (χ1v) is 6.16. The van der Waals surface area contributed by atoms with Crippen molar-refractivity contribution in [1.82, 2.24) is 0 Å². The van der Waals surface area contributed by atoms with E-state index in [9.17, 15) is 0 Å². The highest BCUT2D eigenvalue weighted by atomic mass is 14.8. The van der Waals surface area contributed by atoms with Gasteiger partial charge in [0, 0.05) is 11.5 Å². The van der Waals surface area contributed by atoms with Crippen LogP contribution >= 0.6 is 0 Å². The van der Waals surface area contributed by atoms with Crippen LogP contribution in [0.25, 0.3) is 0 Å². The lowest BCUT2D eigenvalue weighted by atomic mass is 9.85. The summed E-state index contributed by atoms with van der Waals surface area (Å²) in [5.74, 6) is 0.635. The van der Waals surface area contributed by atoms with E-state index in [4.69, 9.17) is 5.73 Å². The molecule has 1 heteroatoms. The number of hydrogen-bond donors (Lipinski definition) is 1. The minimum absolute atomic E-state index is 0.153. The fourth-order valence-corrected chi connectivity index (χ4v) is 3.01. The zero-order valence-electron chi connectivity index (χ0n) is 9.21. The van der Waals surface area contributed by atoms with E-state index in [-0.39, 0.29) is 5.54 Å². The van der Waals surface area contributed by atoms with E-state index < -0.39 is 0 Å². The molecule has 1 fully saturated rings. The van der Waals surface area contributed by atoms with Gasteiger partial charge >= 0.3 is 0 Å². The van der Waals surface area contributed by atoms with E-state index in [1.54, 1.807) is 11.1 Å². The van der Waals surface area contributed by atoms with Crippen LogP contribution in [0.3, 0.4) is 0 Å². The summed E-state index contributed by atoms with van der Waals surface area (Å²) >= 11 is 0. The second-order valence-corrected chi connectivity index (χ2v) is 5.23. The van der Waals surface area contributed by atoms with E-state index in [0.29, 0.717) is 5.92 Å². The van der Waals surface area contributed by atoms with E-state index in [0.717, 1.165) is 0 Å². The standard InChI is InChI=1S/C14H19N/c15-14(9-10-14)13-8-4-2-6-11-5-1-3-7-12(11)13/h1,3,5,7,13H,2,4,6,8-10,15H2. The van der Waals surface area contributed by atoms with Gasteiger partial charge in [-0.05, 0) is 43.2 Å². The number of rotatable bonds is 1. The van der Waals surface area contributed by atoms with Crippen molar-refractivity contribution in [3.63, 3.8) is 0 Å². The van der Waals surface area contributed by atoms with Crippen molar-refractivity contribution in [3.8, 4) is 0 Å². The van der Waals surface area contributed by atoms with Gasteiger partial charge in [-0.2, -0.15) is 0 Å². The van der Waals surface area contributed by atoms with Crippen LogP contribution in [-0.4, -0.2) is 5.54 Å². The van der Waals surface area contributed by atoms with Crippen molar-refractivity contribution >= 4 is 0 Å². The molecule has 2 aliphatic rings. The average molecular weight is 201 g/mol. The van der Waals surface area contributed by atoms with Crippen LogP contribution in [0.5, 0.6) is 0 Å². The maximum absolute atomic E-state index is 6.41. The largest absolute Gasteiger partial charge is 0.325 e. The minimum Gasteiger partial charge on any atom is -0.325 e. The molecule has 3 rings (SSSR count). The molecule has 0 spiro atoms. The highest BCUT2D eigenvalue weighted by Crippen LogP contribution is 2.49. The summed E-state index contributed by atoms with van der Waals surface area (Å²) in [6, 6.07) is 8.93. The molecule has 0 amide bonds. The van der Waals surface area contributed by atoms with Crippen molar-refractivity contribution in [2.45, 2.75) is 50.0 Å². The molecule has 15 heavy (non-hydrogen) atoms. The van der Waals surface area contributed by atoms with Crippen molar-refractivity contribution in [3.05, 3.63) is 35.4 Å². The summed E-state index contributed by atoms with van der Waals surface area (Å²) in [4.78, 5) is 0. The van der Waals surface area contributed by atoms with Crippen LogP contribution in [-0.2, 0) is 6.42 Å². The van der Waals surface area contributed by atoms with Gasteiger partial charge in [-0.15, -0.1) is 0 Å². The highest BCUT2D eigenvalue weighted by molar-refractivity contribution is 5.36. The van der Waals surface area contributed by atoms with Gasteiger partial charge in [-0.3, -0.25) is 0 Å². The van der Waals surface area contributed by atoms with E-state index in [1.807, 2.05) is 0 Å². The third-order valence-electron chi connectivity index (χ3n) is 4.14. The summed E-state index contributed by atoms with van der Waals surface area (Å²) in [5.41, 5.74) is 9.66. The maximum atomic E-state index is 6.41. The molecule has 80 valence electrons. The maximum Gasteiger partial charge on any atom is 0.0225 e. The third kappa shape index (κ3) is 1.59. The summed E-state index contributed by atoms with van der Waals surface area (Å²) in [6.07, 6.45) is 7.69. The van der Waals surface area contributed by atoms with Crippen LogP contribution in [0.2, 0.25) is 0 Å². The summed E-state index contributed by atoms with van der Waals surface area (Å²) < 4.78 is 0. The molecule has 1 aromatic rings. The monoisotopic (exact) mass is 201 g/mol. The lowest BCUT2D eigenvalue weighted by Gasteiger charge is -2.24. The Bertz CT molecular complexity index is 365. The molecule has 1 nitrogen and oxygen atoms in total. The Morgan fingerprint density at radius 1 is 1.13 bits per heavy atom. The Hall–Kier alpha value is -0.820. The number of fused-ring (bicyclic) bond motifs is 1. The molecular formula is C14H19N. The van der Waals surface area contributed by atoms with Gasteiger partial charge in [0.15, 0.2) is 0 Å². The van der Waals surface area contributed by atoms with Crippen LogP contribution in [0.1, 0.15) is 49.1 Å². The topological polar surface area (TPSA) is 26.0 Å². The van der Waals surface area contributed by atoms with E-state index >= 15 is 0 Å². The Labute approximate surface area is 91.7 Å². The fraction of sp³-hybridized carbons (Fsp3) is 0.571. The predicted molar refractivity (Wildman–Crippen MR) is 62.9 cm³/mol. The van der Waals surface area contributed by atoms with Crippen molar-refractivity contribution in [2.75, 3.05) is 0 Å². The second kappa shape index (κ2) is 3.34. The lowest BCUT2D eigenvalue weighted by molar-refractivity contribution is 0.478. The Morgan fingerprint density at radius 2 is 1.93 bits per heavy atom. The Balaban J connectivity index is 2.02. The molecule has 1 unspecified atom stereocenters. The highest BCUT2D eigenvalue weighted by Gasteiger charge is 2.46. The molecule has 1 saturated carbocycles. The first-order valence-electron chi connectivity index (χ1n) is 6.16. The molecule has 1 atom stereocenters. The van der Waals surface area contributed by atoms with Gasteiger partial charge in [0.1, 0.15) is 0 Å². The van der Waals surface area contributed by atoms with Crippen LogP contribution in [0.15, 0.2) is 24.3 Å². The summed E-state index contributed by atoms with van der Waals surface area (Å²) in [6.45, 7) is 0. The zero-order valence-corrected chi connectivity index (χ0v) is 9.21. The van der Waals surface area contributed by atoms with E-state index in [1.165, 1.54) is 38.5 Å². The molecule has 0 aromatic heterocycles. The molecule has 0 bridgehead atoms. The van der Waals surface area contributed by atoms with Gasteiger partial charge in [0.2, 0.25) is 0 Å². The Kier molecular flexibility index (Phi) is 2.10. The van der Waals surface area contributed by atoms with Crippen LogP contribution in [0, 0.1) is 0 Å². The number of nitrogens with two attached hydrogens (primary N) is 1. The normalized spacial score (nSPS) is 27.9. The number of hydrogen-bond acceptors (Lipinski definition) is 1. The molecular weight excluding hydrogens is 182 g/mol. The summed E-state index contributed by atoms with van der Waals surface area (Å²) in [5, 5.41) is 0. The van der Waals surface area contributed by atoms with Crippen molar-refractivity contribution in [2.24, 2.45) is 5.73 Å². The predicted octanol–water partition coefficient (Wildman–Crippen LogP) is 2.99. The van der Waals surface area contributed by atoms with Crippen LogP contribution < -0.4 is 5.73 Å². The average Bonchev–Trinajstić information content (AvgIpc) is 3.01. The van der Waals surface area contributed by atoms with E-state index in [2.05, 4.69) is 24.3 Å². The smallest absolute Gasteiger partial charge is 0.0225 e. The molecule has 0 heterocycles. The molecule has 2 aliphatic carbocycles. The van der Waals surface area contributed by atoms with Gasteiger partial charge in [-0.1, -0.05) is 30.7 Å². The van der Waals surface area contributed by atoms with Gasteiger partial charge < -0.3 is 5.73 Å². The van der Waals surface area contributed by atoms with Gasteiger partial charge in [0.05, 0.1) is 0 Å². The number of benzene rings is 1. The number of aryl methyl sites for hydroxylation is 1. The van der Waals surface area contributed by atoms with Crippen molar-refractivity contribution in [1.29, 1.82) is 0 Å². The fourth-order valence-electron chi connectivity index (χ4n) is 3.01. The molecule has 0 aliphatic heterocycles. The van der Waals surface area contributed by atoms with Crippen molar-refractivity contribution < 1.29 is 0 Å². The van der Waals surface area contributed by atoms with Gasteiger partial charge in [0.25, 0.3) is 0 Å². The molecule has 1 aromatic carbocycles. The third-order valence-corrected chi connectivity index (χ3v) is 4.14. The quantitative estimate of drug-likeness (QED) is 0.694. The molecule has 2 N–H and O–H groups in total. The summed E-state index contributed by atoms with van der Waals surface area (Å²) in [7, 11) is 0. The van der Waals surface area contributed by atoms with Crippen LogP contribution in [0.4, 0.5) is 0 Å². The first kappa shape index (κ1) is 9.41. The minimum atomic E-state index is 0.153. The SMILES string of the molecule is NC1(C2CCCCc3ccccc32)CC1. The molecule has 0 radical (unpaired) electrons. The zero-order chi connectivity index (χ0) is 10.3. The Morgan fingerprint density at radius 3 is 2.73 bits per heavy atom. The first-order chi connectivity index (χ1) is 7.30.